The molecule has 1 saturated heterocycles. The molecule has 0 radical (unpaired) electrons. The van der Waals surface area contributed by atoms with Gasteiger partial charge in [0.1, 0.15) is 0 Å². The van der Waals surface area contributed by atoms with E-state index < -0.39 is 0 Å². The number of carbonyl (C=O) groups excluding carboxylic acids is 1. The third kappa shape index (κ3) is 4.13. The number of hydrogen-bond donors (Lipinski definition) is 0. The van der Waals surface area contributed by atoms with Gasteiger partial charge in [-0.15, -0.1) is 0 Å². The van der Waals surface area contributed by atoms with Crippen molar-refractivity contribution in [3.8, 4) is 6.07 Å². The fraction of sp³-hybridized carbons (Fsp3) is 0.250. The third-order valence-electron chi connectivity index (χ3n) is 5.39. The molecule has 146 valence electrons. The van der Waals surface area contributed by atoms with Gasteiger partial charge >= 0.3 is 0 Å². The number of rotatable bonds is 4. The molecule has 3 aromatic carbocycles. The van der Waals surface area contributed by atoms with E-state index >= 15 is 0 Å². The number of halogens is 1. The molecule has 1 heterocycles. The lowest BCUT2D eigenvalue weighted by Crippen LogP contribution is -2.50. The zero-order valence-corrected chi connectivity index (χ0v) is 17.7. The van der Waals surface area contributed by atoms with Gasteiger partial charge in [-0.3, -0.25) is 14.8 Å². The molecule has 4 nitrogen and oxygen atoms in total. The molecule has 0 saturated carbocycles. The van der Waals surface area contributed by atoms with Gasteiger partial charge in [-0.25, -0.2) is 0 Å². The second-order valence-corrected chi connectivity index (χ2v) is 8.18. The minimum atomic E-state index is 0.137. The highest BCUT2D eigenvalue weighted by atomic mass is 79.9. The maximum Gasteiger partial charge on any atom is 0.241 e. The molecule has 0 bridgehead atoms. The average molecular weight is 448 g/mol. The SMILES string of the molecule is N#Cc1ccc(N2CCCCN2C(=O)CCc2cccc(Br)c2)c2ccccc12. The van der Waals surface area contributed by atoms with Crippen molar-refractivity contribution in [2.75, 3.05) is 18.1 Å². The second kappa shape index (κ2) is 8.67. The third-order valence-corrected chi connectivity index (χ3v) is 5.88. The van der Waals surface area contributed by atoms with Crippen molar-refractivity contribution in [3.63, 3.8) is 0 Å². The van der Waals surface area contributed by atoms with Gasteiger partial charge in [-0.2, -0.15) is 5.26 Å². The molecule has 29 heavy (non-hydrogen) atoms. The van der Waals surface area contributed by atoms with Crippen LogP contribution in [0, 0.1) is 11.3 Å². The molecule has 0 N–H and O–H groups in total. The first kappa shape index (κ1) is 19.5. The van der Waals surface area contributed by atoms with Gasteiger partial charge in [-0.1, -0.05) is 52.3 Å². The number of amides is 1. The summed E-state index contributed by atoms with van der Waals surface area (Å²) >= 11 is 3.49. The Hall–Kier alpha value is -2.84. The van der Waals surface area contributed by atoms with Gasteiger partial charge in [0.15, 0.2) is 0 Å². The highest BCUT2D eigenvalue weighted by Gasteiger charge is 2.26. The highest BCUT2D eigenvalue weighted by Crippen LogP contribution is 2.32. The Balaban J connectivity index is 1.60. The van der Waals surface area contributed by atoms with E-state index in [-0.39, 0.29) is 5.91 Å². The standard InChI is InChI=1S/C24H22BrN3O/c25-20-7-5-6-18(16-20)10-13-24(29)28-15-4-3-14-27(28)23-12-11-19(17-26)21-8-1-2-9-22(21)23/h1-2,5-9,11-12,16H,3-4,10,13-15H2. The van der Waals surface area contributed by atoms with Gasteiger partial charge in [-0.05, 0) is 49.1 Å². The molecule has 4 rings (SSSR count). The van der Waals surface area contributed by atoms with E-state index in [9.17, 15) is 10.1 Å². The molecule has 1 aliphatic rings. The average Bonchev–Trinajstić information content (AvgIpc) is 2.77. The van der Waals surface area contributed by atoms with Gasteiger partial charge in [0, 0.05) is 34.8 Å². The largest absolute Gasteiger partial charge is 0.282 e. The molecular weight excluding hydrogens is 426 g/mol. The number of aryl methyl sites for hydroxylation is 1. The van der Waals surface area contributed by atoms with E-state index in [1.807, 2.05) is 53.5 Å². The quantitative estimate of drug-likeness (QED) is 0.533. The topological polar surface area (TPSA) is 47.3 Å². The summed E-state index contributed by atoms with van der Waals surface area (Å²) in [5, 5.41) is 15.4. The number of nitriles is 1. The van der Waals surface area contributed by atoms with Crippen LogP contribution in [0.3, 0.4) is 0 Å². The predicted molar refractivity (Wildman–Crippen MR) is 119 cm³/mol. The molecule has 1 fully saturated rings. The first-order valence-corrected chi connectivity index (χ1v) is 10.7. The highest BCUT2D eigenvalue weighted by molar-refractivity contribution is 9.10. The van der Waals surface area contributed by atoms with Crippen molar-refractivity contribution in [1.29, 1.82) is 5.26 Å². The lowest BCUT2D eigenvalue weighted by molar-refractivity contribution is -0.132. The van der Waals surface area contributed by atoms with Crippen LogP contribution in [0.5, 0.6) is 0 Å². The first-order valence-electron chi connectivity index (χ1n) is 9.91. The van der Waals surface area contributed by atoms with Crippen LogP contribution in [0.25, 0.3) is 10.8 Å². The van der Waals surface area contributed by atoms with Gasteiger partial charge in [0.2, 0.25) is 5.91 Å². The molecule has 1 aliphatic heterocycles. The molecule has 0 aliphatic carbocycles. The summed E-state index contributed by atoms with van der Waals surface area (Å²) in [4.78, 5) is 13.1. The lowest BCUT2D eigenvalue weighted by atomic mass is 10.0. The Morgan fingerprint density at radius 1 is 1.00 bits per heavy atom. The maximum atomic E-state index is 13.1. The number of nitrogens with zero attached hydrogens (tertiary/aromatic N) is 3. The van der Waals surface area contributed by atoms with Crippen LogP contribution in [-0.4, -0.2) is 24.0 Å². The monoisotopic (exact) mass is 447 g/mol. The number of anilines is 1. The molecule has 3 aromatic rings. The summed E-state index contributed by atoms with van der Waals surface area (Å²) in [5.74, 6) is 0.137. The molecular formula is C24H22BrN3O. The van der Waals surface area contributed by atoms with E-state index in [2.05, 4.69) is 39.1 Å². The van der Waals surface area contributed by atoms with Crippen molar-refractivity contribution >= 4 is 38.3 Å². The lowest BCUT2D eigenvalue weighted by Gasteiger charge is -2.41. The Morgan fingerprint density at radius 3 is 2.59 bits per heavy atom. The second-order valence-electron chi connectivity index (χ2n) is 7.27. The predicted octanol–water partition coefficient (Wildman–Crippen LogP) is 5.45. The first-order chi connectivity index (χ1) is 14.2. The fourth-order valence-corrected chi connectivity index (χ4v) is 4.40. The summed E-state index contributed by atoms with van der Waals surface area (Å²) in [6.45, 7) is 1.53. The maximum absolute atomic E-state index is 13.1. The summed E-state index contributed by atoms with van der Waals surface area (Å²) in [6, 6.07) is 22.2. The number of hydrogen-bond acceptors (Lipinski definition) is 3. The smallest absolute Gasteiger partial charge is 0.241 e. The number of benzene rings is 3. The van der Waals surface area contributed by atoms with Crippen LogP contribution in [-0.2, 0) is 11.2 Å². The summed E-state index contributed by atoms with van der Waals surface area (Å²) in [7, 11) is 0. The number of hydrazine groups is 1. The van der Waals surface area contributed by atoms with Crippen LogP contribution in [0.4, 0.5) is 5.69 Å². The van der Waals surface area contributed by atoms with Gasteiger partial charge in [0.25, 0.3) is 0 Å². The van der Waals surface area contributed by atoms with E-state index in [1.54, 1.807) is 0 Å². The van der Waals surface area contributed by atoms with E-state index in [1.165, 1.54) is 0 Å². The van der Waals surface area contributed by atoms with Gasteiger partial charge in [0.05, 0.1) is 17.3 Å². The molecule has 0 spiro atoms. The van der Waals surface area contributed by atoms with E-state index in [4.69, 9.17) is 0 Å². The zero-order chi connectivity index (χ0) is 20.2. The molecule has 5 heteroatoms. The van der Waals surface area contributed by atoms with Crippen molar-refractivity contribution in [2.24, 2.45) is 0 Å². The van der Waals surface area contributed by atoms with Crippen molar-refractivity contribution in [1.82, 2.24) is 5.01 Å². The van der Waals surface area contributed by atoms with Crippen LogP contribution >= 0.6 is 15.9 Å². The van der Waals surface area contributed by atoms with Crippen LogP contribution < -0.4 is 5.01 Å². The van der Waals surface area contributed by atoms with Crippen molar-refractivity contribution in [2.45, 2.75) is 25.7 Å². The number of carbonyl (C=O) groups is 1. The normalized spacial score (nSPS) is 14.1. The van der Waals surface area contributed by atoms with Crippen LogP contribution in [0.15, 0.2) is 65.1 Å². The molecule has 0 atom stereocenters. The molecule has 0 unspecified atom stereocenters. The van der Waals surface area contributed by atoms with E-state index in [0.717, 1.165) is 58.8 Å². The van der Waals surface area contributed by atoms with Crippen LogP contribution in [0.2, 0.25) is 0 Å². The summed E-state index contributed by atoms with van der Waals surface area (Å²) in [5.41, 5.74) is 2.81. The van der Waals surface area contributed by atoms with E-state index in [0.29, 0.717) is 12.0 Å². The minimum Gasteiger partial charge on any atom is -0.282 e. The summed E-state index contributed by atoms with van der Waals surface area (Å²) in [6.07, 6.45) is 3.25. The van der Waals surface area contributed by atoms with Crippen LogP contribution in [0.1, 0.15) is 30.4 Å². The fourth-order valence-electron chi connectivity index (χ4n) is 3.95. The zero-order valence-electron chi connectivity index (χ0n) is 16.1. The van der Waals surface area contributed by atoms with Crippen molar-refractivity contribution < 1.29 is 4.79 Å². The Bertz CT molecular complexity index is 1090. The van der Waals surface area contributed by atoms with Crippen molar-refractivity contribution in [3.05, 3.63) is 76.3 Å². The molecule has 0 aromatic heterocycles. The minimum absolute atomic E-state index is 0.137. The Labute approximate surface area is 179 Å². The Morgan fingerprint density at radius 2 is 1.79 bits per heavy atom. The van der Waals surface area contributed by atoms with Gasteiger partial charge < -0.3 is 0 Å². The summed E-state index contributed by atoms with van der Waals surface area (Å²) < 4.78 is 1.03. The Kier molecular flexibility index (Phi) is 5.82. The number of fused-ring (bicyclic) bond motifs is 1. The molecule has 1 amide bonds.